The van der Waals surface area contributed by atoms with Gasteiger partial charge >= 0.3 is 0 Å². The number of nitrogens with two attached hydrogens (primary N) is 1. The van der Waals surface area contributed by atoms with Gasteiger partial charge in [-0.3, -0.25) is 0 Å². The topological polar surface area (TPSA) is 35.2 Å². The fourth-order valence-electron chi connectivity index (χ4n) is 1.89. The molecule has 0 aliphatic heterocycles. The van der Waals surface area contributed by atoms with Gasteiger partial charge in [0.2, 0.25) is 0 Å². The third-order valence-corrected chi connectivity index (χ3v) is 3.43. The van der Waals surface area contributed by atoms with Gasteiger partial charge in [0, 0.05) is 11.1 Å². The Morgan fingerprint density at radius 3 is 2.55 bits per heavy atom. The lowest BCUT2D eigenvalue weighted by atomic mass is 10.1. The van der Waals surface area contributed by atoms with Crippen molar-refractivity contribution in [2.24, 2.45) is 5.73 Å². The molecular formula is C16H16FNOS. The summed E-state index contributed by atoms with van der Waals surface area (Å²) >= 11 is 4.96. The maximum atomic E-state index is 13.3. The highest BCUT2D eigenvalue weighted by molar-refractivity contribution is 7.80. The van der Waals surface area contributed by atoms with Crippen molar-refractivity contribution in [3.8, 4) is 5.75 Å². The lowest BCUT2D eigenvalue weighted by molar-refractivity contribution is 0.305. The molecule has 0 aliphatic rings. The molecule has 0 aliphatic carbocycles. The minimum Gasteiger partial charge on any atom is -0.489 e. The predicted octanol–water partition coefficient (Wildman–Crippen LogP) is 3.66. The highest BCUT2D eigenvalue weighted by atomic mass is 32.1. The van der Waals surface area contributed by atoms with E-state index in [9.17, 15) is 4.39 Å². The molecule has 2 rings (SSSR count). The maximum Gasteiger partial charge on any atom is 0.123 e. The average Bonchev–Trinajstić information content (AvgIpc) is 2.40. The van der Waals surface area contributed by atoms with Crippen LogP contribution in [0.5, 0.6) is 5.75 Å². The SMILES string of the molecule is Cc1ccc(OCc2cc(F)ccc2C(N)=S)cc1C. The zero-order valence-electron chi connectivity index (χ0n) is 11.4. The van der Waals surface area contributed by atoms with Crippen LogP contribution in [-0.2, 0) is 6.61 Å². The number of aryl methyl sites for hydroxylation is 2. The fourth-order valence-corrected chi connectivity index (χ4v) is 2.09. The molecule has 0 spiro atoms. The lowest BCUT2D eigenvalue weighted by Gasteiger charge is -2.11. The van der Waals surface area contributed by atoms with Crippen LogP contribution in [-0.4, -0.2) is 4.99 Å². The van der Waals surface area contributed by atoms with Crippen LogP contribution in [0, 0.1) is 19.7 Å². The molecule has 20 heavy (non-hydrogen) atoms. The molecule has 0 aromatic heterocycles. The van der Waals surface area contributed by atoms with Crippen LogP contribution in [0.2, 0.25) is 0 Å². The normalized spacial score (nSPS) is 10.3. The molecule has 104 valence electrons. The molecule has 0 fully saturated rings. The van der Waals surface area contributed by atoms with E-state index in [2.05, 4.69) is 0 Å². The van der Waals surface area contributed by atoms with E-state index in [-0.39, 0.29) is 17.4 Å². The molecule has 0 heterocycles. The van der Waals surface area contributed by atoms with Crippen molar-refractivity contribution in [1.82, 2.24) is 0 Å². The molecule has 2 aromatic rings. The second kappa shape index (κ2) is 6.01. The van der Waals surface area contributed by atoms with Gasteiger partial charge in [-0.15, -0.1) is 0 Å². The van der Waals surface area contributed by atoms with Gasteiger partial charge in [0.15, 0.2) is 0 Å². The van der Waals surface area contributed by atoms with E-state index < -0.39 is 0 Å². The van der Waals surface area contributed by atoms with Crippen molar-refractivity contribution in [1.29, 1.82) is 0 Å². The summed E-state index contributed by atoms with van der Waals surface area (Å²) in [5, 5.41) is 0. The number of halogens is 1. The second-order valence-electron chi connectivity index (χ2n) is 4.70. The minimum absolute atomic E-state index is 0.229. The van der Waals surface area contributed by atoms with Gasteiger partial charge in [0.05, 0.1) is 0 Å². The van der Waals surface area contributed by atoms with Crippen molar-refractivity contribution in [3.63, 3.8) is 0 Å². The summed E-state index contributed by atoms with van der Waals surface area (Å²) in [6.45, 7) is 4.29. The van der Waals surface area contributed by atoms with E-state index >= 15 is 0 Å². The summed E-state index contributed by atoms with van der Waals surface area (Å²) in [6, 6.07) is 10.2. The van der Waals surface area contributed by atoms with Crippen molar-refractivity contribution < 1.29 is 9.13 Å². The van der Waals surface area contributed by atoms with E-state index in [1.165, 1.54) is 17.7 Å². The van der Waals surface area contributed by atoms with E-state index in [1.54, 1.807) is 6.07 Å². The summed E-state index contributed by atoms with van der Waals surface area (Å²) < 4.78 is 19.0. The average molecular weight is 289 g/mol. The summed E-state index contributed by atoms with van der Waals surface area (Å²) in [7, 11) is 0. The van der Waals surface area contributed by atoms with E-state index in [0.717, 1.165) is 11.3 Å². The van der Waals surface area contributed by atoms with E-state index in [1.807, 2.05) is 32.0 Å². The van der Waals surface area contributed by atoms with Gasteiger partial charge in [-0.2, -0.15) is 0 Å². The van der Waals surface area contributed by atoms with Gasteiger partial charge in [0.1, 0.15) is 23.2 Å². The van der Waals surface area contributed by atoms with Gasteiger partial charge < -0.3 is 10.5 Å². The summed E-state index contributed by atoms with van der Waals surface area (Å²) in [6.07, 6.45) is 0. The number of rotatable bonds is 4. The maximum absolute atomic E-state index is 13.3. The molecule has 0 saturated heterocycles. The second-order valence-corrected chi connectivity index (χ2v) is 5.14. The van der Waals surface area contributed by atoms with Crippen molar-refractivity contribution >= 4 is 17.2 Å². The highest BCUT2D eigenvalue weighted by Crippen LogP contribution is 2.19. The van der Waals surface area contributed by atoms with Crippen molar-refractivity contribution in [2.75, 3.05) is 0 Å². The number of ether oxygens (including phenoxy) is 1. The highest BCUT2D eigenvalue weighted by Gasteiger charge is 2.08. The van der Waals surface area contributed by atoms with Crippen molar-refractivity contribution in [3.05, 3.63) is 64.5 Å². The first-order valence-electron chi connectivity index (χ1n) is 6.25. The molecule has 0 radical (unpaired) electrons. The summed E-state index contributed by atoms with van der Waals surface area (Å²) in [5.74, 6) is 0.412. The minimum atomic E-state index is -0.330. The van der Waals surface area contributed by atoms with Crippen molar-refractivity contribution in [2.45, 2.75) is 20.5 Å². The Morgan fingerprint density at radius 2 is 1.90 bits per heavy atom. The first-order valence-corrected chi connectivity index (χ1v) is 6.66. The van der Waals surface area contributed by atoms with Crippen LogP contribution >= 0.6 is 12.2 Å². The van der Waals surface area contributed by atoms with Gasteiger partial charge in [-0.05, 0) is 55.3 Å². The number of benzene rings is 2. The van der Waals surface area contributed by atoms with Gasteiger partial charge in [-0.1, -0.05) is 18.3 Å². The number of thiocarbonyl (C=S) groups is 1. The molecule has 2 aromatic carbocycles. The van der Waals surface area contributed by atoms with E-state index in [4.69, 9.17) is 22.7 Å². The van der Waals surface area contributed by atoms with Crippen LogP contribution < -0.4 is 10.5 Å². The summed E-state index contributed by atoms with van der Waals surface area (Å²) in [5.41, 5.74) is 9.27. The third kappa shape index (κ3) is 3.33. The molecule has 0 saturated carbocycles. The first kappa shape index (κ1) is 14.5. The number of hydrogen-bond donors (Lipinski definition) is 1. The molecule has 0 amide bonds. The fraction of sp³-hybridized carbons (Fsp3) is 0.188. The molecule has 4 heteroatoms. The van der Waals surface area contributed by atoms with Gasteiger partial charge in [0.25, 0.3) is 0 Å². The Bertz CT molecular complexity index is 655. The zero-order valence-corrected chi connectivity index (χ0v) is 12.3. The molecule has 2 nitrogen and oxygen atoms in total. The van der Waals surface area contributed by atoms with Crippen LogP contribution in [0.3, 0.4) is 0 Å². The quantitative estimate of drug-likeness (QED) is 0.873. The standard InChI is InChI=1S/C16H16FNOS/c1-10-3-5-14(7-11(10)2)19-9-12-8-13(17)4-6-15(12)16(18)20/h3-8H,9H2,1-2H3,(H2,18,20). The van der Waals surface area contributed by atoms with Gasteiger partial charge in [-0.25, -0.2) is 4.39 Å². The van der Waals surface area contributed by atoms with Crippen LogP contribution in [0.1, 0.15) is 22.3 Å². The predicted molar refractivity (Wildman–Crippen MR) is 82.5 cm³/mol. The van der Waals surface area contributed by atoms with E-state index in [0.29, 0.717) is 11.1 Å². The molecule has 0 bridgehead atoms. The van der Waals surface area contributed by atoms with Crippen LogP contribution in [0.25, 0.3) is 0 Å². The Labute approximate surface area is 123 Å². The smallest absolute Gasteiger partial charge is 0.123 e. The Morgan fingerprint density at radius 1 is 1.15 bits per heavy atom. The number of hydrogen-bond acceptors (Lipinski definition) is 2. The molecule has 0 atom stereocenters. The van der Waals surface area contributed by atoms with Crippen LogP contribution in [0.15, 0.2) is 36.4 Å². The zero-order chi connectivity index (χ0) is 14.7. The molecule has 2 N–H and O–H groups in total. The first-order chi connectivity index (χ1) is 9.47. The molecule has 0 unspecified atom stereocenters. The van der Waals surface area contributed by atoms with Crippen LogP contribution in [0.4, 0.5) is 4.39 Å². The Balaban J connectivity index is 2.20. The summed E-state index contributed by atoms with van der Waals surface area (Å²) in [4.78, 5) is 0.240. The largest absolute Gasteiger partial charge is 0.489 e. The Hall–Kier alpha value is -1.94. The molecular weight excluding hydrogens is 273 g/mol. The third-order valence-electron chi connectivity index (χ3n) is 3.21. The lowest BCUT2D eigenvalue weighted by Crippen LogP contribution is -2.13. The Kier molecular flexibility index (Phi) is 4.35. The monoisotopic (exact) mass is 289 g/mol.